The van der Waals surface area contributed by atoms with Gasteiger partial charge in [-0.3, -0.25) is 0 Å². The Kier molecular flexibility index (Phi) is 5.39. The van der Waals surface area contributed by atoms with Crippen LogP contribution in [-0.2, 0) is 11.2 Å². The third-order valence-corrected chi connectivity index (χ3v) is 3.79. The van der Waals surface area contributed by atoms with Crippen molar-refractivity contribution in [1.29, 1.82) is 0 Å². The number of carbonyl (C=O) groups excluding carboxylic acids is 1. The van der Waals surface area contributed by atoms with Crippen LogP contribution in [0.5, 0.6) is 5.75 Å². The molecular formula is C18H28N2O3. The second-order valence-electron chi connectivity index (χ2n) is 7.05. The molecule has 5 heteroatoms. The molecule has 1 fully saturated rings. The van der Waals surface area contributed by atoms with E-state index in [1.165, 1.54) is 5.56 Å². The van der Waals surface area contributed by atoms with E-state index in [-0.39, 0.29) is 12.2 Å². The number of benzene rings is 1. The zero-order valence-corrected chi connectivity index (χ0v) is 14.6. The first-order chi connectivity index (χ1) is 10.8. The van der Waals surface area contributed by atoms with E-state index in [0.717, 1.165) is 30.7 Å². The van der Waals surface area contributed by atoms with E-state index in [0.29, 0.717) is 13.1 Å². The van der Waals surface area contributed by atoms with Gasteiger partial charge in [0.25, 0.3) is 0 Å². The molecule has 5 nitrogen and oxygen atoms in total. The van der Waals surface area contributed by atoms with Crippen molar-refractivity contribution < 1.29 is 14.3 Å². The molecule has 0 bridgehead atoms. The summed E-state index contributed by atoms with van der Waals surface area (Å²) in [5, 5.41) is 0. The van der Waals surface area contributed by atoms with Crippen molar-refractivity contribution in [2.75, 3.05) is 18.8 Å². The number of hydrogen-bond acceptors (Lipinski definition) is 4. The van der Waals surface area contributed by atoms with Crippen molar-refractivity contribution in [3.63, 3.8) is 0 Å². The van der Waals surface area contributed by atoms with Crippen molar-refractivity contribution in [3.05, 3.63) is 23.8 Å². The molecule has 0 saturated carbocycles. The van der Waals surface area contributed by atoms with E-state index in [9.17, 15) is 4.79 Å². The maximum Gasteiger partial charge on any atom is 0.410 e. The van der Waals surface area contributed by atoms with Crippen LogP contribution in [0.1, 0.15) is 46.1 Å². The van der Waals surface area contributed by atoms with E-state index in [1.807, 2.05) is 39.0 Å². The number of nitrogens with two attached hydrogens (primary N) is 1. The first-order valence-electron chi connectivity index (χ1n) is 8.31. The van der Waals surface area contributed by atoms with Crippen molar-refractivity contribution in [2.45, 2.75) is 58.7 Å². The van der Waals surface area contributed by atoms with Gasteiger partial charge in [-0.25, -0.2) is 4.79 Å². The van der Waals surface area contributed by atoms with Gasteiger partial charge in [0.15, 0.2) is 0 Å². The minimum absolute atomic E-state index is 0.111. The molecule has 23 heavy (non-hydrogen) atoms. The average molecular weight is 320 g/mol. The van der Waals surface area contributed by atoms with Crippen LogP contribution in [0.3, 0.4) is 0 Å². The number of nitrogen functional groups attached to an aromatic ring is 1. The fourth-order valence-corrected chi connectivity index (χ4v) is 2.63. The molecule has 1 amide bonds. The minimum atomic E-state index is -0.456. The number of anilines is 1. The largest absolute Gasteiger partial charge is 0.490 e. The van der Waals surface area contributed by atoms with Crippen LogP contribution in [-0.4, -0.2) is 35.8 Å². The maximum atomic E-state index is 12.1. The van der Waals surface area contributed by atoms with Gasteiger partial charge in [0.05, 0.1) is 0 Å². The molecule has 1 aliphatic rings. The monoisotopic (exact) mass is 320 g/mol. The Bertz CT molecular complexity index is 544. The summed E-state index contributed by atoms with van der Waals surface area (Å²) >= 11 is 0. The molecule has 128 valence electrons. The predicted octanol–water partition coefficient (Wildman–Crippen LogP) is 3.61. The number of nitrogens with zero attached hydrogens (tertiary/aromatic N) is 1. The van der Waals surface area contributed by atoms with Gasteiger partial charge in [-0.2, -0.15) is 0 Å². The van der Waals surface area contributed by atoms with Gasteiger partial charge < -0.3 is 20.1 Å². The summed E-state index contributed by atoms with van der Waals surface area (Å²) in [7, 11) is 0. The number of aryl methyl sites for hydroxylation is 1. The molecule has 2 rings (SSSR count). The van der Waals surface area contributed by atoms with Crippen LogP contribution in [0.15, 0.2) is 18.2 Å². The molecule has 1 aromatic carbocycles. The highest BCUT2D eigenvalue weighted by atomic mass is 16.6. The normalized spacial score (nSPS) is 16.3. The predicted molar refractivity (Wildman–Crippen MR) is 91.7 cm³/mol. The second-order valence-corrected chi connectivity index (χ2v) is 7.05. The Morgan fingerprint density at radius 3 is 2.48 bits per heavy atom. The van der Waals surface area contributed by atoms with Crippen LogP contribution in [0.25, 0.3) is 0 Å². The Balaban J connectivity index is 1.87. The summed E-state index contributed by atoms with van der Waals surface area (Å²) in [4.78, 5) is 13.8. The Morgan fingerprint density at radius 1 is 1.26 bits per heavy atom. The summed E-state index contributed by atoms with van der Waals surface area (Å²) in [6.45, 7) is 9.05. The number of ether oxygens (including phenoxy) is 2. The van der Waals surface area contributed by atoms with Gasteiger partial charge in [-0.05, 0) is 44.9 Å². The van der Waals surface area contributed by atoms with Crippen molar-refractivity contribution in [1.82, 2.24) is 4.90 Å². The fraction of sp³-hybridized carbons (Fsp3) is 0.611. The number of hydrogen-bond donors (Lipinski definition) is 1. The Morgan fingerprint density at radius 2 is 1.91 bits per heavy atom. The third kappa shape index (κ3) is 5.34. The zero-order valence-electron chi connectivity index (χ0n) is 14.6. The fourth-order valence-electron chi connectivity index (χ4n) is 2.63. The molecule has 0 spiro atoms. The Labute approximate surface area is 138 Å². The smallest absolute Gasteiger partial charge is 0.410 e. The summed E-state index contributed by atoms with van der Waals surface area (Å²) in [6, 6.07) is 5.87. The molecule has 1 aromatic rings. The highest BCUT2D eigenvalue weighted by molar-refractivity contribution is 5.68. The van der Waals surface area contributed by atoms with E-state index < -0.39 is 5.60 Å². The number of carbonyl (C=O) groups is 1. The summed E-state index contributed by atoms with van der Waals surface area (Å²) in [5.41, 5.74) is 7.36. The SMILES string of the molecule is CCc1cc(N)cc(OC2CCN(C(=O)OC(C)(C)C)CC2)c1. The molecule has 0 radical (unpaired) electrons. The van der Waals surface area contributed by atoms with Gasteiger partial charge >= 0.3 is 6.09 Å². The molecule has 1 aliphatic heterocycles. The number of amides is 1. The average Bonchev–Trinajstić information content (AvgIpc) is 2.45. The minimum Gasteiger partial charge on any atom is -0.490 e. The lowest BCUT2D eigenvalue weighted by Gasteiger charge is -2.33. The lowest BCUT2D eigenvalue weighted by Crippen LogP contribution is -2.44. The molecule has 0 aliphatic carbocycles. The van der Waals surface area contributed by atoms with Gasteiger partial charge in [0.2, 0.25) is 0 Å². The molecule has 0 atom stereocenters. The molecule has 1 heterocycles. The van der Waals surface area contributed by atoms with E-state index in [2.05, 4.69) is 6.92 Å². The van der Waals surface area contributed by atoms with Crippen LogP contribution >= 0.6 is 0 Å². The second kappa shape index (κ2) is 7.11. The quantitative estimate of drug-likeness (QED) is 0.864. The topological polar surface area (TPSA) is 64.8 Å². The first-order valence-corrected chi connectivity index (χ1v) is 8.31. The third-order valence-electron chi connectivity index (χ3n) is 3.79. The van der Waals surface area contributed by atoms with Gasteiger partial charge in [0, 0.05) is 37.7 Å². The summed E-state index contributed by atoms with van der Waals surface area (Å²) in [5.74, 6) is 0.817. The lowest BCUT2D eigenvalue weighted by atomic mass is 10.1. The molecule has 0 unspecified atom stereocenters. The highest BCUT2D eigenvalue weighted by Gasteiger charge is 2.27. The lowest BCUT2D eigenvalue weighted by molar-refractivity contribution is 0.0126. The standard InChI is InChI=1S/C18H28N2O3/c1-5-13-10-14(19)12-16(11-13)22-15-6-8-20(9-7-15)17(21)23-18(2,3)4/h10-12,15H,5-9,19H2,1-4H3. The van der Waals surface area contributed by atoms with Crippen LogP contribution in [0.2, 0.25) is 0 Å². The number of likely N-dealkylation sites (tertiary alicyclic amines) is 1. The van der Waals surface area contributed by atoms with Crippen LogP contribution in [0.4, 0.5) is 10.5 Å². The van der Waals surface area contributed by atoms with Gasteiger partial charge in [0.1, 0.15) is 17.5 Å². The van der Waals surface area contributed by atoms with Crippen LogP contribution in [0, 0.1) is 0 Å². The van der Waals surface area contributed by atoms with E-state index >= 15 is 0 Å². The summed E-state index contributed by atoms with van der Waals surface area (Å²) < 4.78 is 11.5. The van der Waals surface area contributed by atoms with Gasteiger partial charge in [-0.1, -0.05) is 6.92 Å². The zero-order chi connectivity index (χ0) is 17.0. The maximum absolute atomic E-state index is 12.1. The van der Waals surface area contributed by atoms with E-state index in [4.69, 9.17) is 15.2 Å². The first kappa shape index (κ1) is 17.4. The van der Waals surface area contributed by atoms with Crippen molar-refractivity contribution >= 4 is 11.8 Å². The number of piperidine rings is 1. The molecular weight excluding hydrogens is 292 g/mol. The van der Waals surface area contributed by atoms with Crippen molar-refractivity contribution in [2.24, 2.45) is 0 Å². The molecule has 0 aromatic heterocycles. The van der Waals surface area contributed by atoms with E-state index in [1.54, 1.807) is 4.90 Å². The molecule has 1 saturated heterocycles. The number of rotatable bonds is 3. The molecule has 2 N–H and O–H groups in total. The van der Waals surface area contributed by atoms with Gasteiger partial charge in [-0.15, -0.1) is 0 Å². The summed E-state index contributed by atoms with van der Waals surface area (Å²) in [6.07, 6.45) is 2.40. The highest BCUT2D eigenvalue weighted by Crippen LogP contribution is 2.24. The van der Waals surface area contributed by atoms with Crippen molar-refractivity contribution in [3.8, 4) is 5.75 Å². The Hall–Kier alpha value is -1.91. The van der Waals surface area contributed by atoms with Crippen LogP contribution < -0.4 is 10.5 Å².